The molecule has 4 aromatic carbocycles. The molecule has 0 spiro atoms. The number of hydrogen-bond acceptors (Lipinski definition) is 3. The molecule has 0 fully saturated rings. The van der Waals surface area contributed by atoms with Gasteiger partial charge in [-0.05, 0) is 110 Å². The number of benzene rings is 4. The second-order valence-electron chi connectivity index (χ2n) is 7.83. The molecule has 4 nitrogen and oxygen atoms in total. The van der Waals surface area contributed by atoms with E-state index in [1.165, 1.54) is 10.8 Å². The molecule has 0 aliphatic carbocycles. The van der Waals surface area contributed by atoms with Crippen LogP contribution in [0.2, 0.25) is 5.02 Å². The van der Waals surface area contributed by atoms with Gasteiger partial charge in [0.15, 0.2) is 0 Å². The lowest BCUT2D eigenvalue weighted by Gasteiger charge is -2.13. The summed E-state index contributed by atoms with van der Waals surface area (Å²) in [5.41, 5.74) is 3.29. The first-order chi connectivity index (χ1) is 16.9. The third-order valence-electron chi connectivity index (χ3n) is 5.38. The molecule has 0 radical (unpaired) electrons. The van der Waals surface area contributed by atoms with E-state index in [-0.39, 0.29) is 5.57 Å². The Kier molecular flexibility index (Phi) is 8.31. The molecule has 1 amide bonds. The number of fused-ring (bicyclic) bond motifs is 1. The van der Waals surface area contributed by atoms with E-state index < -0.39 is 5.91 Å². The average molecular weight is 705 g/mol. The summed E-state index contributed by atoms with van der Waals surface area (Å²) in [6, 6.07) is 25.4. The van der Waals surface area contributed by atoms with E-state index >= 15 is 0 Å². The lowest BCUT2D eigenvalue weighted by Crippen LogP contribution is -2.13. The summed E-state index contributed by atoms with van der Waals surface area (Å²) < 4.78 is 7.99. The second-order valence-corrected chi connectivity index (χ2v) is 10.6. The number of nitriles is 1. The summed E-state index contributed by atoms with van der Waals surface area (Å²) in [5, 5.41) is 15.2. The summed E-state index contributed by atoms with van der Waals surface area (Å²) in [5.74, 6) is 0.280. The van der Waals surface area contributed by atoms with Crippen molar-refractivity contribution in [3.8, 4) is 11.8 Å². The second kappa shape index (κ2) is 11.4. The van der Waals surface area contributed by atoms with Crippen LogP contribution in [0.25, 0.3) is 16.8 Å². The minimum atomic E-state index is -0.492. The molecular weight excluding hydrogens is 686 g/mol. The molecule has 0 aliphatic heterocycles. The van der Waals surface area contributed by atoms with Crippen molar-refractivity contribution in [3.05, 3.63) is 107 Å². The van der Waals surface area contributed by atoms with Crippen LogP contribution in [-0.2, 0) is 11.4 Å². The largest absolute Gasteiger partial charge is 0.487 e. The van der Waals surface area contributed by atoms with Crippen LogP contribution in [0.5, 0.6) is 5.75 Å². The standard InChI is InChI=1S/C28H19ClI2N2O2/c1-17-9-10-22(14-24(17)29)33-28(34)21(15-32)11-18-12-25(30)27(26(31)13-18)35-16-20-7-4-6-19-5-2-3-8-23(19)20/h2-14H,16H2,1H3,(H,33,34)/b21-11-. The maximum Gasteiger partial charge on any atom is 0.266 e. The maximum atomic E-state index is 12.7. The fourth-order valence-electron chi connectivity index (χ4n) is 3.55. The fraction of sp³-hybridized carbons (Fsp3) is 0.0714. The van der Waals surface area contributed by atoms with Crippen molar-refractivity contribution in [2.45, 2.75) is 13.5 Å². The number of nitrogens with one attached hydrogen (secondary N) is 1. The topological polar surface area (TPSA) is 62.1 Å². The van der Waals surface area contributed by atoms with Crippen molar-refractivity contribution in [1.82, 2.24) is 0 Å². The summed E-state index contributed by atoms with van der Waals surface area (Å²) in [6.45, 7) is 2.32. The number of hydrogen-bond donors (Lipinski definition) is 1. The molecular formula is C28H19ClI2N2O2. The zero-order valence-corrected chi connectivity index (χ0v) is 23.7. The lowest BCUT2D eigenvalue weighted by molar-refractivity contribution is -0.112. The van der Waals surface area contributed by atoms with Crippen LogP contribution >= 0.6 is 56.8 Å². The molecule has 0 heterocycles. The highest BCUT2D eigenvalue weighted by molar-refractivity contribution is 14.1. The van der Waals surface area contributed by atoms with Gasteiger partial charge in [0, 0.05) is 10.7 Å². The average Bonchev–Trinajstić information content (AvgIpc) is 2.84. The van der Waals surface area contributed by atoms with Crippen LogP contribution in [0.1, 0.15) is 16.7 Å². The molecule has 35 heavy (non-hydrogen) atoms. The summed E-state index contributed by atoms with van der Waals surface area (Å²) in [7, 11) is 0. The van der Waals surface area contributed by atoms with Crippen LogP contribution in [0.15, 0.2) is 78.4 Å². The monoisotopic (exact) mass is 704 g/mol. The van der Waals surface area contributed by atoms with Crippen LogP contribution in [0, 0.1) is 25.4 Å². The molecule has 1 N–H and O–H groups in total. The quantitative estimate of drug-likeness (QED) is 0.125. The Hall–Kier alpha value is -2.61. The normalized spacial score (nSPS) is 11.2. The van der Waals surface area contributed by atoms with Crippen molar-refractivity contribution in [3.63, 3.8) is 0 Å². The zero-order valence-electron chi connectivity index (χ0n) is 18.6. The summed E-state index contributed by atoms with van der Waals surface area (Å²) in [6.07, 6.45) is 1.57. The van der Waals surface area contributed by atoms with Crippen LogP contribution in [0.3, 0.4) is 0 Å². The number of carbonyl (C=O) groups is 1. The molecule has 4 aromatic rings. The molecule has 0 bridgehead atoms. The molecule has 174 valence electrons. The molecule has 0 atom stereocenters. The Morgan fingerprint density at radius 3 is 2.49 bits per heavy atom. The van der Waals surface area contributed by atoms with Gasteiger partial charge in [0.1, 0.15) is 24.0 Å². The number of anilines is 1. The van der Waals surface area contributed by atoms with Gasteiger partial charge < -0.3 is 10.1 Å². The third kappa shape index (κ3) is 6.15. The molecule has 0 aliphatic rings. The highest BCUT2D eigenvalue weighted by Crippen LogP contribution is 2.31. The Morgan fingerprint density at radius 2 is 1.77 bits per heavy atom. The van der Waals surface area contributed by atoms with Crippen molar-refractivity contribution in [1.29, 1.82) is 5.26 Å². The molecule has 0 unspecified atom stereocenters. The van der Waals surface area contributed by atoms with Crippen molar-refractivity contribution in [2.24, 2.45) is 0 Å². The minimum Gasteiger partial charge on any atom is -0.487 e. The maximum absolute atomic E-state index is 12.7. The summed E-state index contributed by atoms with van der Waals surface area (Å²) >= 11 is 10.6. The highest BCUT2D eigenvalue weighted by Gasteiger charge is 2.14. The van der Waals surface area contributed by atoms with E-state index in [2.05, 4.69) is 74.8 Å². The van der Waals surface area contributed by atoms with Gasteiger partial charge >= 0.3 is 0 Å². The van der Waals surface area contributed by atoms with Crippen molar-refractivity contribution >= 4 is 85.2 Å². The van der Waals surface area contributed by atoms with Gasteiger partial charge in [0.05, 0.1) is 7.14 Å². The number of ether oxygens (including phenoxy) is 1. The van der Waals surface area contributed by atoms with E-state index in [4.69, 9.17) is 16.3 Å². The highest BCUT2D eigenvalue weighted by atomic mass is 127. The number of nitrogens with zero attached hydrogens (tertiary/aromatic N) is 1. The van der Waals surface area contributed by atoms with E-state index in [9.17, 15) is 10.1 Å². The third-order valence-corrected chi connectivity index (χ3v) is 7.39. The Bertz CT molecular complexity index is 1480. The van der Waals surface area contributed by atoms with Gasteiger partial charge in [-0.3, -0.25) is 4.79 Å². The smallest absolute Gasteiger partial charge is 0.266 e. The van der Waals surface area contributed by atoms with Gasteiger partial charge in [-0.1, -0.05) is 60.1 Å². The molecule has 0 aromatic heterocycles. The van der Waals surface area contributed by atoms with E-state index in [1.54, 1.807) is 18.2 Å². The number of rotatable bonds is 6. The molecule has 7 heteroatoms. The number of aryl methyl sites for hydroxylation is 1. The van der Waals surface area contributed by atoms with Crippen LogP contribution in [0.4, 0.5) is 5.69 Å². The van der Waals surface area contributed by atoms with Gasteiger partial charge in [0.25, 0.3) is 5.91 Å². The number of carbonyl (C=O) groups excluding carboxylic acids is 1. The van der Waals surface area contributed by atoms with Gasteiger partial charge in [-0.15, -0.1) is 0 Å². The van der Waals surface area contributed by atoms with Gasteiger partial charge in [-0.2, -0.15) is 5.26 Å². The Morgan fingerprint density at radius 1 is 1.06 bits per heavy atom. The van der Waals surface area contributed by atoms with Gasteiger partial charge in [0.2, 0.25) is 0 Å². The first-order valence-electron chi connectivity index (χ1n) is 10.6. The molecule has 4 rings (SSSR count). The van der Waals surface area contributed by atoms with Crippen LogP contribution < -0.4 is 10.1 Å². The van der Waals surface area contributed by atoms with Crippen molar-refractivity contribution < 1.29 is 9.53 Å². The predicted molar refractivity (Wildman–Crippen MR) is 159 cm³/mol. The lowest BCUT2D eigenvalue weighted by atomic mass is 10.1. The number of halogens is 3. The molecule has 0 saturated heterocycles. The predicted octanol–water partition coefficient (Wildman–Crippen LogP) is 8.14. The first-order valence-corrected chi connectivity index (χ1v) is 13.2. The minimum absolute atomic E-state index is 0.00211. The SMILES string of the molecule is Cc1ccc(NC(=O)/C(C#N)=C\c2cc(I)c(OCc3cccc4ccccc34)c(I)c2)cc1Cl. The van der Waals surface area contributed by atoms with E-state index in [0.29, 0.717) is 17.3 Å². The van der Waals surface area contributed by atoms with E-state index in [0.717, 1.165) is 29.6 Å². The van der Waals surface area contributed by atoms with E-state index in [1.807, 2.05) is 49.4 Å². The Balaban J connectivity index is 1.53. The van der Waals surface area contributed by atoms with Crippen LogP contribution in [-0.4, -0.2) is 5.91 Å². The Labute approximate surface area is 236 Å². The summed E-state index contributed by atoms with van der Waals surface area (Å²) in [4.78, 5) is 12.7. The van der Waals surface area contributed by atoms with Gasteiger partial charge in [-0.25, -0.2) is 0 Å². The zero-order chi connectivity index (χ0) is 24.9. The number of amides is 1. The van der Waals surface area contributed by atoms with Crippen molar-refractivity contribution in [2.75, 3.05) is 5.32 Å². The molecule has 0 saturated carbocycles. The fourth-order valence-corrected chi connectivity index (χ4v) is 5.86. The first kappa shape index (κ1) is 25.5.